The van der Waals surface area contributed by atoms with Crippen molar-refractivity contribution in [3.05, 3.63) is 47.2 Å². The molecule has 112 valence electrons. The van der Waals surface area contributed by atoms with Crippen molar-refractivity contribution >= 4 is 5.82 Å². The van der Waals surface area contributed by atoms with Gasteiger partial charge in [-0.25, -0.2) is 4.68 Å². The smallest absolute Gasteiger partial charge is 0.126 e. The second-order valence-corrected chi connectivity index (χ2v) is 6.87. The van der Waals surface area contributed by atoms with Crippen molar-refractivity contribution < 1.29 is 0 Å². The highest BCUT2D eigenvalue weighted by Gasteiger charge is 2.21. The van der Waals surface area contributed by atoms with Crippen LogP contribution >= 0.6 is 0 Å². The molecule has 1 aliphatic heterocycles. The van der Waals surface area contributed by atoms with E-state index >= 15 is 0 Å². The molecule has 0 saturated carbocycles. The van der Waals surface area contributed by atoms with Gasteiger partial charge in [0.25, 0.3) is 0 Å². The highest BCUT2D eigenvalue weighted by Crippen LogP contribution is 2.24. The Morgan fingerprint density at radius 3 is 2.57 bits per heavy atom. The van der Waals surface area contributed by atoms with Crippen LogP contribution in [0, 0.1) is 0 Å². The van der Waals surface area contributed by atoms with Crippen molar-refractivity contribution in [2.24, 2.45) is 0 Å². The Morgan fingerprint density at radius 1 is 1.19 bits per heavy atom. The molecule has 0 spiro atoms. The van der Waals surface area contributed by atoms with Gasteiger partial charge in [-0.1, -0.05) is 24.3 Å². The van der Waals surface area contributed by atoms with Crippen LogP contribution in [-0.2, 0) is 25.0 Å². The molecule has 0 unspecified atom stereocenters. The zero-order valence-corrected chi connectivity index (χ0v) is 13.1. The Morgan fingerprint density at radius 2 is 1.90 bits per heavy atom. The Kier molecular flexibility index (Phi) is 3.49. The molecule has 3 rings (SSSR count). The topological polar surface area (TPSA) is 47.1 Å². The number of fused-ring (bicyclic) bond motifs is 1. The second-order valence-electron chi connectivity index (χ2n) is 6.87. The van der Waals surface area contributed by atoms with Gasteiger partial charge in [0.1, 0.15) is 5.82 Å². The fraction of sp³-hybridized carbons (Fsp3) is 0.471. The zero-order chi connectivity index (χ0) is 15.0. The summed E-state index contributed by atoms with van der Waals surface area (Å²) in [7, 11) is 0. The van der Waals surface area contributed by atoms with Crippen LogP contribution in [0.25, 0.3) is 0 Å². The van der Waals surface area contributed by atoms with E-state index in [4.69, 9.17) is 5.73 Å². The van der Waals surface area contributed by atoms with E-state index < -0.39 is 0 Å². The molecule has 21 heavy (non-hydrogen) atoms. The summed E-state index contributed by atoms with van der Waals surface area (Å²) in [6, 6.07) is 8.70. The third-order valence-electron chi connectivity index (χ3n) is 4.13. The maximum absolute atomic E-state index is 6.28. The first-order valence-electron chi connectivity index (χ1n) is 7.57. The van der Waals surface area contributed by atoms with Gasteiger partial charge in [-0.05, 0) is 38.3 Å². The minimum atomic E-state index is -0.0726. The van der Waals surface area contributed by atoms with Crippen LogP contribution in [0.4, 0.5) is 5.82 Å². The molecule has 2 N–H and O–H groups in total. The Bertz CT molecular complexity index is 636. The first-order valence-corrected chi connectivity index (χ1v) is 7.57. The highest BCUT2D eigenvalue weighted by molar-refractivity contribution is 5.40. The third-order valence-corrected chi connectivity index (χ3v) is 4.13. The molecular formula is C17H24N4. The first-order chi connectivity index (χ1) is 9.95. The lowest BCUT2D eigenvalue weighted by Crippen LogP contribution is -2.30. The molecule has 4 nitrogen and oxygen atoms in total. The quantitative estimate of drug-likeness (QED) is 0.922. The summed E-state index contributed by atoms with van der Waals surface area (Å²) in [5.74, 6) is 0.793. The van der Waals surface area contributed by atoms with Gasteiger partial charge in [0.05, 0.1) is 11.7 Å². The lowest BCUT2D eigenvalue weighted by Gasteiger charge is -2.28. The van der Waals surface area contributed by atoms with Crippen molar-refractivity contribution in [2.75, 3.05) is 12.3 Å². The number of aromatic nitrogens is 2. The number of nitrogens with zero attached hydrogens (tertiary/aromatic N) is 3. The maximum atomic E-state index is 6.28. The minimum absolute atomic E-state index is 0.0726. The van der Waals surface area contributed by atoms with E-state index in [-0.39, 0.29) is 5.54 Å². The average Bonchev–Trinajstić information content (AvgIpc) is 2.80. The van der Waals surface area contributed by atoms with E-state index in [2.05, 4.69) is 55.0 Å². The molecule has 1 aromatic carbocycles. The van der Waals surface area contributed by atoms with Gasteiger partial charge in [0, 0.05) is 25.2 Å². The molecule has 0 fully saturated rings. The number of anilines is 1. The first kappa shape index (κ1) is 14.1. The molecule has 2 aromatic rings. The van der Waals surface area contributed by atoms with E-state index in [1.54, 1.807) is 0 Å². The summed E-state index contributed by atoms with van der Waals surface area (Å²) in [6.45, 7) is 9.32. The van der Waals surface area contributed by atoms with Crippen LogP contribution in [0.3, 0.4) is 0 Å². The average molecular weight is 284 g/mol. The van der Waals surface area contributed by atoms with Crippen molar-refractivity contribution in [1.29, 1.82) is 0 Å². The van der Waals surface area contributed by atoms with E-state index in [9.17, 15) is 0 Å². The molecular weight excluding hydrogens is 260 g/mol. The summed E-state index contributed by atoms with van der Waals surface area (Å²) in [5, 5.41) is 4.46. The molecule has 2 heterocycles. The number of hydrogen-bond acceptors (Lipinski definition) is 3. The lowest BCUT2D eigenvalue weighted by atomic mass is 10.00. The maximum Gasteiger partial charge on any atom is 0.126 e. The summed E-state index contributed by atoms with van der Waals surface area (Å²) in [5.41, 5.74) is 10.2. The molecule has 1 aromatic heterocycles. The number of nitrogens with two attached hydrogens (primary N) is 1. The molecule has 0 saturated heterocycles. The van der Waals surface area contributed by atoms with Crippen LogP contribution in [0.15, 0.2) is 30.5 Å². The van der Waals surface area contributed by atoms with E-state index in [0.29, 0.717) is 0 Å². The van der Waals surface area contributed by atoms with Gasteiger partial charge >= 0.3 is 0 Å². The fourth-order valence-electron chi connectivity index (χ4n) is 2.98. The molecule has 0 amide bonds. The van der Waals surface area contributed by atoms with Gasteiger partial charge in [-0.15, -0.1) is 0 Å². The third kappa shape index (κ3) is 2.81. The number of hydrogen-bond donors (Lipinski definition) is 1. The molecule has 1 aliphatic rings. The number of rotatable bonds is 2. The molecule has 0 atom stereocenters. The summed E-state index contributed by atoms with van der Waals surface area (Å²) in [6.07, 6.45) is 3.03. The molecule has 4 heteroatoms. The summed E-state index contributed by atoms with van der Waals surface area (Å²) < 4.78 is 1.92. The Balaban J connectivity index is 1.76. The fourth-order valence-corrected chi connectivity index (χ4v) is 2.98. The standard InChI is InChI=1S/C17H24N4/c1-17(2,3)21-16(18)15(10-19-21)12-20-9-8-13-6-4-5-7-14(13)11-20/h4-7,10H,8-9,11-12,18H2,1-3H3. The number of benzene rings is 1. The van der Waals surface area contributed by atoms with E-state index in [1.165, 1.54) is 11.1 Å². The number of nitrogen functional groups attached to an aromatic ring is 1. The van der Waals surface area contributed by atoms with Crippen molar-refractivity contribution in [2.45, 2.75) is 45.8 Å². The predicted molar refractivity (Wildman–Crippen MR) is 85.9 cm³/mol. The van der Waals surface area contributed by atoms with Gasteiger partial charge in [0.15, 0.2) is 0 Å². The van der Waals surface area contributed by atoms with Crippen molar-refractivity contribution in [1.82, 2.24) is 14.7 Å². The van der Waals surface area contributed by atoms with Gasteiger partial charge in [-0.3, -0.25) is 4.90 Å². The Hall–Kier alpha value is -1.81. The summed E-state index contributed by atoms with van der Waals surface area (Å²) in [4.78, 5) is 2.45. The monoisotopic (exact) mass is 284 g/mol. The molecule has 0 aliphatic carbocycles. The SMILES string of the molecule is CC(C)(C)n1ncc(CN2CCc3ccccc3C2)c1N. The van der Waals surface area contributed by atoms with Crippen LogP contribution in [-0.4, -0.2) is 21.2 Å². The van der Waals surface area contributed by atoms with E-state index in [0.717, 1.165) is 37.4 Å². The Labute approximate surface area is 126 Å². The van der Waals surface area contributed by atoms with E-state index in [1.807, 2.05) is 10.9 Å². The van der Waals surface area contributed by atoms with Gasteiger partial charge in [0.2, 0.25) is 0 Å². The van der Waals surface area contributed by atoms with Gasteiger partial charge in [-0.2, -0.15) is 5.10 Å². The molecule has 0 bridgehead atoms. The lowest BCUT2D eigenvalue weighted by molar-refractivity contribution is 0.246. The van der Waals surface area contributed by atoms with Crippen LogP contribution in [0.1, 0.15) is 37.5 Å². The van der Waals surface area contributed by atoms with Crippen LogP contribution in [0.5, 0.6) is 0 Å². The normalized spacial score (nSPS) is 16.0. The van der Waals surface area contributed by atoms with Gasteiger partial charge < -0.3 is 5.73 Å². The van der Waals surface area contributed by atoms with Crippen molar-refractivity contribution in [3.63, 3.8) is 0 Å². The van der Waals surface area contributed by atoms with Crippen LogP contribution < -0.4 is 5.73 Å². The zero-order valence-electron chi connectivity index (χ0n) is 13.1. The van der Waals surface area contributed by atoms with Crippen LogP contribution in [0.2, 0.25) is 0 Å². The minimum Gasteiger partial charge on any atom is -0.384 e. The summed E-state index contributed by atoms with van der Waals surface area (Å²) >= 11 is 0. The largest absolute Gasteiger partial charge is 0.384 e. The second kappa shape index (κ2) is 5.19. The molecule has 0 radical (unpaired) electrons. The van der Waals surface area contributed by atoms with Crippen molar-refractivity contribution in [3.8, 4) is 0 Å². The highest BCUT2D eigenvalue weighted by atomic mass is 15.3. The predicted octanol–water partition coefficient (Wildman–Crippen LogP) is 2.78.